The zero-order valence-corrected chi connectivity index (χ0v) is 13.8. The minimum atomic E-state index is 0.496. The van der Waals surface area contributed by atoms with Gasteiger partial charge in [0, 0.05) is 26.3 Å². The van der Waals surface area contributed by atoms with Crippen LogP contribution in [-0.2, 0) is 0 Å². The van der Waals surface area contributed by atoms with Crippen LogP contribution < -0.4 is 10.2 Å². The first-order valence-electron chi connectivity index (χ1n) is 6.86. The molecule has 1 aliphatic rings. The number of hydrogen-bond acceptors (Lipinski definition) is 4. The van der Waals surface area contributed by atoms with E-state index < -0.39 is 0 Å². The molecule has 1 aromatic heterocycles. The van der Waals surface area contributed by atoms with Crippen molar-refractivity contribution in [1.82, 2.24) is 9.97 Å². The summed E-state index contributed by atoms with van der Waals surface area (Å²) in [5.41, 5.74) is 0.496. The van der Waals surface area contributed by atoms with Crippen LogP contribution in [0.5, 0.6) is 0 Å². The maximum absolute atomic E-state index is 4.56. The van der Waals surface area contributed by atoms with Crippen LogP contribution in [0.2, 0.25) is 0 Å². The SMILES string of the molecule is CNc1ncc(Br)c(N(C)C2CCC(C)(C)CC2)n1. The van der Waals surface area contributed by atoms with Gasteiger partial charge in [0.25, 0.3) is 0 Å². The van der Waals surface area contributed by atoms with Gasteiger partial charge in [-0.2, -0.15) is 4.98 Å². The van der Waals surface area contributed by atoms with Gasteiger partial charge in [-0.05, 0) is 47.0 Å². The molecule has 2 rings (SSSR count). The highest BCUT2D eigenvalue weighted by Crippen LogP contribution is 2.38. The summed E-state index contributed by atoms with van der Waals surface area (Å²) >= 11 is 3.55. The van der Waals surface area contributed by atoms with Crippen molar-refractivity contribution in [3.05, 3.63) is 10.7 Å². The molecule has 0 aromatic carbocycles. The van der Waals surface area contributed by atoms with Crippen LogP contribution in [0.3, 0.4) is 0 Å². The number of anilines is 2. The van der Waals surface area contributed by atoms with Crippen molar-refractivity contribution < 1.29 is 0 Å². The zero-order valence-electron chi connectivity index (χ0n) is 12.2. The molecule has 0 bridgehead atoms. The largest absolute Gasteiger partial charge is 0.357 e. The maximum atomic E-state index is 4.56. The van der Waals surface area contributed by atoms with E-state index in [-0.39, 0.29) is 0 Å². The lowest BCUT2D eigenvalue weighted by molar-refractivity contribution is 0.222. The predicted octanol–water partition coefficient (Wildman–Crippen LogP) is 3.69. The summed E-state index contributed by atoms with van der Waals surface area (Å²) in [6.07, 6.45) is 6.84. The third-order valence-corrected chi connectivity index (χ3v) is 4.70. The number of rotatable bonds is 3. The number of nitrogens with zero attached hydrogens (tertiary/aromatic N) is 3. The Morgan fingerprint density at radius 1 is 1.37 bits per heavy atom. The van der Waals surface area contributed by atoms with Gasteiger partial charge in [-0.3, -0.25) is 0 Å². The molecule has 19 heavy (non-hydrogen) atoms. The van der Waals surface area contributed by atoms with Gasteiger partial charge in [0.1, 0.15) is 5.82 Å². The third kappa shape index (κ3) is 3.38. The summed E-state index contributed by atoms with van der Waals surface area (Å²) in [6.45, 7) is 4.73. The molecular weight excluding hydrogens is 304 g/mol. The van der Waals surface area contributed by atoms with E-state index in [0.717, 1.165) is 10.3 Å². The van der Waals surface area contributed by atoms with E-state index >= 15 is 0 Å². The summed E-state index contributed by atoms with van der Waals surface area (Å²) < 4.78 is 0.957. The van der Waals surface area contributed by atoms with Gasteiger partial charge in [-0.1, -0.05) is 13.8 Å². The fourth-order valence-electron chi connectivity index (χ4n) is 2.67. The van der Waals surface area contributed by atoms with Gasteiger partial charge >= 0.3 is 0 Å². The van der Waals surface area contributed by atoms with Crippen LogP contribution in [0.25, 0.3) is 0 Å². The third-order valence-electron chi connectivity index (χ3n) is 4.14. The lowest BCUT2D eigenvalue weighted by Gasteiger charge is -2.39. The topological polar surface area (TPSA) is 41.1 Å². The highest BCUT2D eigenvalue weighted by Gasteiger charge is 2.29. The summed E-state index contributed by atoms with van der Waals surface area (Å²) in [7, 11) is 3.98. The maximum Gasteiger partial charge on any atom is 0.224 e. The van der Waals surface area contributed by atoms with E-state index in [9.17, 15) is 0 Å². The van der Waals surface area contributed by atoms with Crippen molar-refractivity contribution >= 4 is 27.7 Å². The van der Waals surface area contributed by atoms with Gasteiger partial charge in [-0.25, -0.2) is 4.98 Å². The van der Waals surface area contributed by atoms with Crippen molar-refractivity contribution in [3.8, 4) is 0 Å². The molecule has 1 aromatic rings. The molecule has 0 spiro atoms. The molecule has 106 valence electrons. The van der Waals surface area contributed by atoms with E-state index in [1.54, 1.807) is 0 Å². The van der Waals surface area contributed by atoms with Crippen molar-refractivity contribution in [2.24, 2.45) is 5.41 Å². The average molecular weight is 327 g/mol. The summed E-state index contributed by atoms with van der Waals surface area (Å²) in [5, 5.41) is 3.00. The smallest absolute Gasteiger partial charge is 0.224 e. The van der Waals surface area contributed by atoms with Crippen molar-refractivity contribution in [2.45, 2.75) is 45.6 Å². The van der Waals surface area contributed by atoms with Gasteiger partial charge in [0.05, 0.1) is 4.47 Å². The summed E-state index contributed by atoms with van der Waals surface area (Å²) in [6, 6.07) is 0.573. The van der Waals surface area contributed by atoms with Crippen molar-refractivity contribution in [1.29, 1.82) is 0 Å². The second-order valence-electron chi connectivity index (χ2n) is 6.12. The molecule has 0 unspecified atom stereocenters. The van der Waals surface area contributed by atoms with Gasteiger partial charge < -0.3 is 10.2 Å². The average Bonchev–Trinajstić information content (AvgIpc) is 2.38. The molecule has 5 heteroatoms. The number of hydrogen-bond donors (Lipinski definition) is 1. The quantitative estimate of drug-likeness (QED) is 0.919. The first-order chi connectivity index (χ1) is 8.93. The first-order valence-corrected chi connectivity index (χ1v) is 7.65. The van der Waals surface area contributed by atoms with Crippen LogP contribution >= 0.6 is 15.9 Å². The Bertz CT molecular complexity index is 437. The van der Waals surface area contributed by atoms with E-state index in [0.29, 0.717) is 17.4 Å². The fourth-order valence-corrected chi connectivity index (χ4v) is 3.14. The van der Waals surface area contributed by atoms with E-state index in [4.69, 9.17) is 0 Å². The van der Waals surface area contributed by atoms with Crippen LogP contribution in [0.15, 0.2) is 10.7 Å². The van der Waals surface area contributed by atoms with E-state index in [1.165, 1.54) is 25.7 Å². The lowest BCUT2D eigenvalue weighted by atomic mass is 9.75. The monoisotopic (exact) mass is 326 g/mol. The molecule has 4 nitrogen and oxygen atoms in total. The highest BCUT2D eigenvalue weighted by molar-refractivity contribution is 9.10. The molecule has 1 aliphatic carbocycles. The first kappa shape index (κ1) is 14.6. The Labute approximate surface area is 124 Å². The van der Waals surface area contributed by atoms with E-state index in [2.05, 4.69) is 57.0 Å². The Kier molecular flexibility index (Phi) is 4.33. The van der Waals surface area contributed by atoms with Gasteiger partial charge in [0.2, 0.25) is 5.95 Å². The van der Waals surface area contributed by atoms with Crippen molar-refractivity contribution in [2.75, 3.05) is 24.3 Å². The minimum Gasteiger partial charge on any atom is -0.357 e. The lowest BCUT2D eigenvalue weighted by Crippen LogP contribution is -2.38. The van der Waals surface area contributed by atoms with Crippen LogP contribution in [0.1, 0.15) is 39.5 Å². The second kappa shape index (κ2) is 5.65. The molecule has 0 saturated heterocycles. The molecule has 1 heterocycles. The van der Waals surface area contributed by atoms with Crippen LogP contribution in [0, 0.1) is 5.41 Å². The Balaban J connectivity index is 2.13. The molecule has 1 fully saturated rings. The van der Waals surface area contributed by atoms with Gasteiger partial charge in [0.15, 0.2) is 0 Å². The number of aromatic nitrogens is 2. The van der Waals surface area contributed by atoms with Crippen LogP contribution in [-0.4, -0.2) is 30.1 Å². The number of halogens is 1. The Morgan fingerprint density at radius 3 is 2.58 bits per heavy atom. The molecule has 1 N–H and O–H groups in total. The molecule has 1 saturated carbocycles. The summed E-state index contributed by atoms with van der Waals surface area (Å²) in [5.74, 6) is 1.64. The zero-order chi connectivity index (χ0) is 14.0. The number of nitrogens with one attached hydrogen (secondary N) is 1. The fraction of sp³-hybridized carbons (Fsp3) is 0.714. The van der Waals surface area contributed by atoms with Crippen LogP contribution in [0.4, 0.5) is 11.8 Å². The molecule has 0 aliphatic heterocycles. The molecule has 0 atom stereocenters. The Morgan fingerprint density at radius 2 is 2.00 bits per heavy atom. The predicted molar refractivity (Wildman–Crippen MR) is 83.7 cm³/mol. The normalized spacial score (nSPS) is 19.2. The molecule has 0 radical (unpaired) electrons. The second-order valence-corrected chi connectivity index (χ2v) is 6.98. The Hall–Kier alpha value is -0.840. The standard InChI is InChI=1S/C14H23BrN4/c1-14(2)7-5-10(6-8-14)19(4)12-11(15)9-17-13(16-3)18-12/h9-10H,5-8H2,1-4H3,(H,16,17,18). The summed E-state index contributed by atoms with van der Waals surface area (Å²) in [4.78, 5) is 11.1. The molecular formula is C14H23BrN4. The minimum absolute atomic E-state index is 0.496. The van der Waals surface area contributed by atoms with Gasteiger partial charge in [-0.15, -0.1) is 0 Å². The highest BCUT2D eigenvalue weighted by atomic mass is 79.9. The van der Waals surface area contributed by atoms with Crippen molar-refractivity contribution in [3.63, 3.8) is 0 Å². The molecule has 0 amide bonds. The van der Waals surface area contributed by atoms with E-state index in [1.807, 2.05) is 13.2 Å².